The van der Waals surface area contributed by atoms with Crippen LogP contribution in [0.2, 0.25) is 0 Å². The molecular weight excluding hydrogens is 306 g/mol. The van der Waals surface area contributed by atoms with Crippen LogP contribution in [0.25, 0.3) is 17.0 Å². The van der Waals surface area contributed by atoms with Gasteiger partial charge in [-0.05, 0) is 30.0 Å². The smallest absolute Gasteiger partial charge is 0.293 e. The molecule has 112 valence electrons. The number of imide groups is 1. The van der Waals surface area contributed by atoms with Crippen molar-refractivity contribution < 1.29 is 18.7 Å². The number of ether oxygens (including phenoxy) is 1. The third-order valence-electron chi connectivity index (χ3n) is 3.28. The van der Waals surface area contributed by atoms with Crippen molar-refractivity contribution in [2.24, 2.45) is 0 Å². The number of likely N-dealkylation sites (N-methyl/N-ethyl adjacent to an activating group) is 1. The highest BCUT2D eigenvalue weighted by Crippen LogP contribution is 2.30. The number of carbonyl (C=O) groups is 2. The molecule has 1 aromatic heterocycles. The lowest BCUT2D eigenvalue weighted by Gasteiger charge is -2.03. The molecule has 0 radical (unpaired) electrons. The SMILES string of the molecule is COc1ccc2c(=O)c(/C=C3\SC(=O)N(C)C3=O)coc2c1. The number of benzene rings is 1. The van der Waals surface area contributed by atoms with E-state index in [1.165, 1.54) is 26.5 Å². The second-order valence-corrected chi connectivity index (χ2v) is 5.62. The zero-order valence-corrected chi connectivity index (χ0v) is 12.6. The highest BCUT2D eigenvalue weighted by molar-refractivity contribution is 8.18. The Bertz CT molecular complexity index is 883. The molecule has 0 N–H and O–H groups in total. The molecule has 1 aliphatic rings. The zero-order chi connectivity index (χ0) is 15.9. The predicted molar refractivity (Wildman–Crippen MR) is 82.8 cm³/mol. The number of nitrogens with zero attached hydrogens (tertiary/aromatic N) is 1. The molecule has 1 saturated heterocycles. The molecule has 0 aliphatic carbocycles. The van der Waals surface area contributed by atoms with E-state index in [9.17, 15) is 14.4 Å². The standard InChI is InChI=1S/C15H11NO5S/c1-16-14(18)12(22-15(16)19)5-8-7-21-11-6-9(20-2)3-4-10(11)13(8)17/h3-7H,1-2H3/b12-5-. The van der Waals surface area contributed by atoms with Crippen LogP contribution in [0.1, 0.15) is 5.56 Å². The van der Waals surface area contributed by atoms with Crippen molar-refractivity contribution >= 4 is 40.0 Å². The molecule has 0 saturated carbocycles. The maximum Gasteiger partial charge on any atom is 0.293 e. The number of hydrogen-bond donors (Lipinski definition) is 0. The number of rotatable bonds is 2. The van der Waals surface area contributed by atoms with Gasteiger partial charge in [0, 0.05) is 13.1 Å². The number of carbonyl (C=O) groups excluding carboxylic acids is 2. The molecule has 0 unspecified atom stereocenters. The summed E-state index contributed by atoms with van der Waals surface area (Å²) >= 11 is 0.795. The van der Waals surface area contributed by atoms with Crippen LogP contribution in [0, 0.1) is 0 Å². The van der Waals surface area contributed by atoms with Gasteiger partial charge in [-0.2, -0.15) is 0 Å². The Labute approximate surface area is 129 Å². The first-order valence-corrected chi connectivity index (χ1v) is 7.14. The third kappa shape index (κ3) is 2.29. The van der Waals surface area contributed by atoms with Crippen molar-refractivity contribution in [2.75, 3.05) is 14.2 Å². The molecule has 1 fully saturated rings. The van der Waals surface area contributed by atoms with Gasteiger partial charge in [-0.3, -0.25) is 19.3 Å². The van der Waals surface area contributed by atoms with E-state index in [0.29, 0.717) is 16.7 Å². The Morgan fingerprint density at radius 2 is 2.05 bits per heavy atom. The van der Waals surface area contributed by atoms with E-state index < -0.39 is 5.91 Å². The van der Waals surface area contributed by atoms with Crippen LogP contribution in [0.3, 0.4) is 0 Å². The first-order valence-electron chi connectivity index (χ1n) is 6.32. The summed E-state index contributed by atoms with van der Waals surface area (Å²) in [6.07, 6.45) is 2.65. The van der Waals surface area contributed by atoms with E-state index in [2.05, 4.69) is 0 Å². The Balaban J connectivity index is 2.10. The summed E-state index contributed by atoms with van der Waals surface area (Å²) in [5, 5.41) is 0.0106. The summed E-state index contributed by atoms with van der Waals surface area (Å²) in [5.41, 5.74) is 0.341. The molecule has 0 bridgehead atoms. The molecule has 3 rings (SSSR count). The van der Waals surface area contributed by atoms with Crippen LogP contribution in [0.5, 0.6) is 5.75 Å². The molecule has 6 nitrogen and oxygen atoms in total. The molecule has 0 spiro atoms. The largest absolute Gasteiger partial charge is 0.497 e. The monoisotopic (exact) mass is 317 g/mol. The van der Waals surface area contributed by atoms with Crippen molar-refractivity contribution in [1.82, 2.24) is 4.90 Å². The van der Waals surface area contributed by atoms with Crippen molar-refractivity contribution in [3.05, 3.63) is 45.2 Å². The van der Waals surface area contributed by atoms with Gasteiger partial charge >= 0.3 is 0 Å². The number of methoxy groups -OCH3 is 1. The maximum atomic E-state index is 12.4. The quantitative estimate of drug-likeness (QED) is 0.792. The van der Waals surface area contributed by atoms with Crippen LogP contribution in [0.4, 0.5) is 4.79 Å². The summed E-state index contributed by atoms with van der Waals surface area (Å²) in [5.74, 6) is 0.153. The van der Waals surface area contributed by atoms with Crippen LogP contribution in [-0.4, -0.2) is 30.2 Å². The van der Waals surface area contributed by atoms with Gasteiger partial charge in [-0.1, -0.05) is 0 Å². The van der Waals surface area contributed by atoms with E-state index in [-0.39, 0.29) is 21.1 Å². The minimum Gasteiger partial charge on any atom is -0.497 e. The van der Waals surface area contributed by atoms with E-state index in [4.69, 9.17) is 9.15 Å². The van der Waals surface area contributed by atoms with Gasteiger partial charge in [0.2, 0.25) is 0 Å². The second-order valence-electron chi connectivity index (χ2n) is 4.62. The molecule has 2 aromatic rings. The van der Waals surface area contributed by atoms with Crippen LogP contribution < -0.4 is 10.2 Å². The highest BCUT2D eigenvalue weighted by Gasteiger charge is 2.32. The Morgan fingerprint density at radius 1 is 1.27 bits per heavy atom. The van der Waals surface area contributed by atoms with E-state index in [1.807, 2.05) is 0 Å². The molecular formula is C15H11NO5S. The van der Waals surface area contributed by atoms with Crippen LogP contribution in [0.15, 0.2) is 38.6 Å². The van der Waals surface area contributed by atoms with Gasteiger partial charge in [0.05, 0.1) is 23.0 Å². The summed E-state index contributed by atoms with van der Waals surface area (Å²) in [6, 6.07) is 4.87. The lowest BCUT2D eigenvalue weighted by Crippen LogP contribution is -2.22. The van der Waals surface area contributed by atoms with Crippen LogP contribution >= 0.6 is 11.8 Å². The first kappa shape index (κ1) is 14.4. The number of amides is 2. The number of hydrogen-bond acceptors (Lipinski definition) is 6. The van der Waals surface area contributed by atoms with Crippen molar-refractivity contribution in [3.63, 3.8) is 0 Å². The predicted octanol–water partition coefficient (Wildman–Crippen LogP) is 2.47. The van der Waals surface area contributed by atoms with E-state index >= 15 is 0 Å². The van der Waals surface area contributed by atoms with E-state index in [0.717, 1.165) is 16.7 Å². The summed E-state index contributed by atoms with van der Waals surface area (Å²) in [4.78, 5) is 36.9. The molecule has 22 heavy (non-hydrogen) atoms. The van der Waals surface area contributed by atoms with Crippen LogP contribution in [-0.2, 0) is 4.79 Å². The Kier molecular flexibility index (Phi) is 3.50. The lowest BCUT2D eigenvalue weighted by atomic mass is 10.1. The molecule has 2 amide bonds. The minimum absolute atomic E-state index is 0.202. The highest BCUT2D eigenvalue weighted by atomic mass is 32.2. The fraction of sp³-hybridized carbons (Fsp3) is 0.133. The molecule has 0 atom stereocenters. The van der Waals surface area contributed by atoms with Gasteiger partial charge in [0.25, 0.3) is 11.1 Å². The third-order valence-corrected chi connectivity index (χ3v) is 4.24. The van der Waals surface area contributed by atoms with Crippen molar-refractivity contribution in [1.29, 1.82) is 0 Å². The number of thioether (sulfide) groups is 1. The van der Waals surface area contributed by atoms with Gasteiger partial charge in [-0.25, -0.2) is 0 Å². The number of fused-ring (bicyclic) bond motifs is 1. The summed E-state index contributed by atoms with van der Waals surface area (Å²) in [6.45, 7) is 0. The van der Waals surface area contributed by atoms with Crippen molar-refractivity contribution in [3.8, 4) is 5.75 Å². The van der Waals surface area contributed by atoms with Gasteiger partial charge in [0.1, 0.15) is 17.6 Å². The normalized spacial score (nSPS) is 16.8. The maximum absolute atomic E-state index is 12.4. The minimum atomic E-state index is -0.427. The first-order chi connectivity index (χ1) is 10.5. The van der Waals surface area contributed by atoms with Crippen molar-refractivity contribution in [2.45, 2.75) is 0 Å². The molecule has 2 heterocycles. The summed E-state index contributed by atoms with van der Waals surface area (Å²) in [7, 11) is 2.92. The topological polar surface area (TPSA) is 76.8 Å². The lowest BCUT2D eigenvalue weighted by molar-refractivity contribution is -0.121. The fourth-order valence-electron chi connectivity index (χ4n) is 2.04. The molecule has 1 aromatic carbocycles. The van der Waals surface area contributed by atoms with Gasteiger partial charge in [-0.15, -0.1) is 0 Å². The fourth-order valence-corrected chi connectivity index (χ4v) is 2.86. The summed E-state index contributed by atoms with van der Waals surface area (Å²) < 4.78 is 10.5. The Morgan fingerprint density at radius 3 is 2.68 bits per heavy atom. The zero-order valence-electron chi connectivity index (χ0n) is 11.8. The molecule has 7 heteroatoms. The average molecular weight is 317 g/mol. The molecule has 1 aliphatic heterocycles. The van der Waals surface area contributed by atoms with Gasteiger partial charge in [0.15, 0.2) is 5.43 Å². The van der Waals surface area contributed by atoms with Gasteiger partial charge < -0.3 is 9.15 Å². The van der Waals surface area contributed by atoms with E-state index in [1.54, 1.807) is 18.2 Å². The average Bonchev–Trinajstić information content (AvgIpc) is 2.77. The Hall–Kier alpha value is -2.54. The second kappa shape index (κ2) is 5.34.